The fourth-order valence-electron chi connectivity index (χ4n) is 1.99. The quantitative estimate of drug-likeness (QED) is 0.728. The molecule has 0 aliphatic heterocycles. The van der Waals surface area contributed by atoms with Crippen LogP contribution in [0, 0.1) is 11.6 Å². The van der Waals surface area contributed by atoms with Crippen LogP contribution in [0.25, 0.3) is 0 Å². The predicted molar refractivity (Wildman–Crippen MR) is 88.9 cm³/mol. The van der Waals surface area contributed by atoms with E-state index in [0.717, 1.165) is 12.1 Å². The molecule has 128 valence electrons. The molecular weight excluding hydrogens is 350 g/mol. The Bertz CT molecular complexity index is 961. The molecule has 3 aromatic rings. The number of rotatable bonds is 5. The molecule has 0 bridgehead atoms. The molecule has 9 heteroatoms. The van der Waals surface area contributed by atoms with Gasteiger partial charge in [-0.2, -0.15) is 0 Å². The van der Waals surface area contributed by atoms with Crippen molar-refractivity contribution in [3.8, 4) is 0 Å². The summed E-state index contributed by atoms with van der Waals surface area (Å²) in [6.07, 6.45) is 0. The van der Waals surface area contributed by atoms with Crippen LogP contribution in [-0.4, -0.2) is 18.6 Å². The molecule has 25 heavy (non-hydrogen) atoms. The normalized spacial score (nSPS) is 11.1. The lowest BCUT2D eigenvalue weighted by molar-refractivity contribution is 0.590. The molecule has 0 atom stereocenters. The number of hydrogen-bond donors (Lipinski definition) is 2. The molecule has 1 aromatic heterocycles. The van der Waals surface area contributed by atoms with Crippen LogP contribution in [0.15, 0.2) is 65.6 Å². The first kappa shape index (κ1) is 16.8. The van der Waals surface area contributed by atoms with Gasteiger partial charge in [0.15, 0.2) is 11.6 Å². The van der Waals surface area contributed by atoms with Crippen LogP contribution in [0.5, 0.6) is 0 Å². The lowest BCUT2D eigenvalue weighted by Crippen LogP contribution is -2.14. The Morgan fingerprint density at radius 1 is 0.760 bits per heavy atom. The Morgan fingerprint density at radius 3 is 1.96 bits per heavy atom. The summed E-state index contributed by atoms with van der Waals surface area (Å²) in [7, 11) is -3.79. The van der Waals surface area contributed by atoms with E-state index in [1.165, 1.54) is 30.3 Å². The molecule has 6 nitrogen and oxygen atoms in total. The zero-order chi connectivity index (χ0) is 17.9. The van der Waals surface area contributed by atoms with E-state index in [-0.39, 0.29) is 22.2 Å². The lowest BCUT2D eigenvalue weighted by atomic mass is 10.3. The Morgan fingerprint density at radius 2 is 1.36 bits per heavy atom. The third-order valence-corrected chi connectivity index (χ3v) is 4.54. The number of para-hydroxylation sites is 1. The van der Waals surface area contributed by atoms with E-state index in [1.807, 2.05) is 0 Å². The van der Waals surface area contributed by atoms with Crippen molar-refractivity contribution in [1.82, 2.24) is 10.2 Å². The standard InChI is InChI=1S/C16H12F2N4O2S/c17-12-7-4-8-13(18)16(12)19-14-9-10-15(21-20-14)22-25(23,24)11-5-2-1-3-6-11/h1-10H,(H,19,20)(H,21,22). The summed E-state index contributed by atoms with van der Waals surface area (Å²) in [5.74, 6) is -1.53. The second kappa shape index (κ2) is 6.81. The van der Waals surface area contributed by atoms with Crippen LogP contribution < -0.4 is 10.0 Å². The molecule has 3 rings (SSSR count). The molecule has 0 saturated heterocycles. The third kappa shape index (κ3) is 3.89. The highest BCUT2D eigenvalue weighted by Gasteiger charge is 2.15. The topological polar surface area (TPSA) is 84.0 Å². The average molecular weight is 362 g/mol. The first-order valence-electron chi connectivity index (χ1n) is 7.08. The SMILES string of the molecule is O=S(=O)(Nc1ccc(Nc2c(F)cccc2F)nn1)c1ccccc1. The lowest BCUT2D eigenvalue weighted by Gasteiger charge is -2.09. The highest BCUT2D eigenvalue weighted by molar-refractivity contribution is 7.92. The Kier molecular flexibility index (Phi) is 4.57. The van der Waals surface area contributed by atoms with Crippen LogP contribution in [-0.2, 0) is 10.0 Å². The highest BCUT2D eigenvalue weighted by Crippen LogP contribution is 2.22. The summed E-state index contributed by atoms with van der Waals surface area (Å²) in [6, 6.07) is 13.9. The summed E-state index contributed by atoms with van der Waals surface area (Å²) >= 11 is 0. The average Bonchev–Trinajstić information content (AvgIpc) is 2.60. The van der Waals surface area contributed by atoms with Crippen molar-refractivity contribution in [2.75, 3.05) is 10.0 Å². The van der Waals surface area contributed by atoms with Crippen molar-refractivity contribution in [2.24, 2.45) is 0 Å². The molecule has 0 radical (unpaired) electrons. The molecule has 0 aliphatic rings. The van der Waals surface area contributed by atoms with Gasteiger partial charge in [0.1, 0.15) is 17.3 Å². The minimum absolute atomic E-state index is 0.0246. The number of nitrogens with zero attached hydrogens (tertiary/aromatic N) is 2. The van der Waals surface area contributed by atoms with Gasteiger partial charge in [0, 0.05) is 0 Å². The third-order valence-electron chi connectivity index (χ3n) is 3.17. The molecule has 0 fully saturated rings. The number of sulfonamides is 1. The summed E-state index contributed by atoms with van der Waals surface area (Å²) in [4.78, 5) is 0.0763. The number of nitrogens with one attached hydrogen (secondary N) is 2. The predicted octanol–water partition coefficient (Wildman–Crippen LogP) is 3.30. The number of aromatic nitrogens is 2. The first-order valence-corrected chi connectivity index (χ1v) is 8.57. The summed E-state index contributed by atoms with van der Waals surface area (Å²) < 4.78 is 53.8. The maximum Gasteiger partial charge on any atom is 0.263 e. The maximum atomic E-state index is 13.6. The van der Waals surface area contributed by atoms with Gasteiger partial charge in [-0.1, -0.05) is 24.3 Å². The van der Waals surface area contributed by atoms with Crippen molar-refractivity contribution in [2.45, 2.75) is 4.90 Å². The van der Waals surface area contributed by atoms with Gasteiger partial charge >= 0.3 is 0 Å². The number of benzene rings is 2. The molecule has 0 unspecified atom stereocenters. The van der Waals surface area contributed by atoms with Crippen molar-refractivity contribution in [3.63, 3.8) is 0 Å². The Hall–Kier alpha value is -3.07. The number of anilines is 3. The maximum absolute atomic E-state index is 13.6. The highest BCUT2D eigenvalue weighted by atomic mass is 32.2. The van der Waals surface area contributed by atoms with Gasteiger partial charge < -0.3 is 5.32 Å². The van der Waals surface area contributed by atoms with E-state index in [0.29, 0.717) is 0 Å². The molecule has 0 aliphatic carbocycles. The molecular formula is C16H12F2N4O2S. The van der Waals surface area contributed by atoms with Gasteiger partial charge in [0.25, 0.3) is 10.0 Å². The van der Waals surface area contributed by atoms with Crippen LogP contribution >= 0.6 is 0 Å². The van der Waals surface area contributed by atoms with Crippen LogP contribution in [0.3, 0.4) is 0 Å². The summed E-state index contributed by atoms with van der Waals surface area (Å²) in [6.45, 7) is 0. The second-order valence-corrected chi connectivity index (χ2v) is 6.63. The largest absolute Gasteiger partial charge is 0.334 e. The van der Waals surface area contributed by atoms with Gasteiger partial charge in [0.05, 0.1) is 4.90 Å². The van der Waals surface area contributed by atoms with E-state index in [4.69, 9.17) is 0 Å². The minimum Gasteiger partial charge on any atom is -0.334 e. The van der Waals surface area contributed by atoms with Gasteiger partial charge in [0.2, 0.25) is 0 Å². The number of hydrogen-bond acceptors (Lipinski definition) is 5. The van der Waals surface area contributed by atoms with Crippen LogP contribution in [0.4, 0.5) is 26.1 Å². The fourth-order valence-corrected chi connectivity index (χ4v) is 3.01. The molecule has 2 N–H and O–H groups in total. The van der Waals surface area contributed by atoms with Gasteiger partial charge in [-0.15, -0.1) is 10.2 Å². The Balaban J connectivity index is 1.77. The van der Waals surface area contributed by atoms with Gasteiger partial charge in [-0.3, -0.25) is 4.72 Å². The van der Waals surface area contributed by atoms with E-state index in [1.54, 1.807) is 18.2 Å². The van der Waals surface area contributed by atoms with Crippen molar-refractivity contribution in [3.05, 3.63) is 72.3 Å². The van der Waals surface area contributed by atoms with Crippen molar-refractivity contribution >= 4 is 27.3 Å². The van der Waals surface area contributed by atoms with Crippen molar-refractivity contribution < 1.29 is 17.2 Å². The summed E-state index contributed by atoms with van der Waals surface area (Å²) in [5.41, 5.74) is -0.366. The molecule has 0 spiro atoms. The fraction of sp³-hybridized carbons (Fsp3) is 0. The van der Waals surface area contributed by atoms with Crippen LogP contribution in [0.2, 0.25) is 0 Å². The molecule has 1 heterocycles. The first-order chi connectivity index (χ1) is 12.0. The number of halogens is 2. The monoisotopic (exact) mass is 362 g/mol. The zero-order valence-electron chi connectivity index (χ0n) is 12.6. The van der Waals surface area contributed by atoms with Gasteiger partial charge in [-0.25, -0.2) is 17.2 Å². The van der Waals surface area contributed by atoms with E-state index in [2.05, 4.69) is 20.2 Å². The minimum atomic E-state index is -3.79. The molecule has 2 aromatic carbocycles. The van der Waals surface area contributed by atoms with E-state index < -0.39 is 21.7 Å². The van der Waals surface area contributed by atoms with E-state index in [9.17, 15) is 17.2 Å². The van der Waals surface area contributed by atoms with E-state index >= 15 is 0 Å². The smallest absolute Gasteiger partial charge is 0.263 e. The van der Waals surface area contributed by atoms with Crippen molar-refractivity contribution in [1.29, 1.82) is 0 Å². The molecule has 0 saturated carbocycles. The van der Waals surface area contributed by atoms with Gasteiger partial charge in [-0.05, 0) is 36.4 Å². The second-order valence-electron chi connectivity index (χ2n) is 4.94. The van der Waals surface area contributed by atoms with Crippen LogP contribution in [0.1, 0.15) is 0 Å². The zero-order valence-corrected chi connectivity index (χ0v) is 13.5. The molecule has 0 amide bonds. The summed E-state index contributed by atoms with van der Waals surface area (Å²) in [5, 5.41) is 9.87. The Labute approximate surface area is 142 Å².